The minimum absolute atomic E-state index is 0.0708. The molecular weight excluding hydrogens is 452 g/mol. The van der Waals surface area contributed by atoms with E-state index in [2.05, 4.69) is 24.3 Å². The second-order valence-corrected chi connectivity index (χ2v) is 9.60. The highest BCUT2D eigenvalue weighted by atomic mass is 16.5. The maximum absolute atomic E-state index is 13.1. The van der Waals surface area contributed by atoms with Gasteiger partial charge in [-0.15, -0.1) is 0 Å². The summed E-state index contributed by atoms with van der Waals surface area (Å²) in [6.45, 7) is 0.399. The van der Waals surface area contributed by atoms with Crippen LogP contribution in [0.5, 0.6) is 11.5 Å². The number of benzene rings is 3. The summed E-state index contributed by atoms with van der Waals surface area (Å²) in [6, 6.07) is 20.2. The third-order valence-electron chi connectivity index (χ3n) is 7.42. The van der Waals surface area contributed by atoms with Gasteiger partial charge in [-0.3, -0.25) is 9.59 Å². The van der Waals surface area contributed by atoms with Crippen LogP contribution in [0.4, 0.5) is 0 Å². The molecular formula is C31H28O5. The number of ether oxygens (including phenoxy) is 3. The van der Waals surface area contributed by atoms with E-state index in [-0.39, 0.29) is 11.6 Å². The van der Waals surface area contributed by atoms with E-state index in [1.165, 1.54) is 5.39 Å². The van der Waals surface area contributed by atoms with Crippen molar-refractivity contribution in [1.82, 2.24) is 0 Å². The number of carbonyl (C=O) groups excluding carboxylic acids is 2. The highest BCUT2D eigenvalue weighted by molar-refractivity contribution is 6.05. The Morgan fingerprint density at radius 1 is 0.806 bits per heavy atom. The first-order valence-corrected chi connectivity index (χ1v) is 12.6. The molecule has 0 amide bonds. The van der Waals surface area contributed by atoms with E-state index in [9.17, 15) is 9.59 Å². The van der Waals surface area contributed by atoms with Gasteiger partial charge in [0.25, 0.3) is 0 Å². The van der Waals surface area contributed by atoms with E-state index >= 15 is 0 Å². The molecule has 2 aliphatic carbocycles. The van der Waals surface area contributed by atoms with Gasteiger partial charge in [-0.2, -0.15) is 0 Å². The number of carbonyl (C=O) groups is 2. The summed E-state index contributed by atoms with van der Waals surface area (Å²) in [7, 11) is 1.61. The van der Waals surface area contributed by atoms with E-state index in [4.69, 9.17) is 14.2 Å². The van der Waals surface area contributed by atoms with Crippen molar-refractivity contribution in [2.75, 3.05) is 7.11 Å². The molecule has 182 valence electrons. The fraction of sp³-hybridized carbons (Fsp3) is 0.290. The Bertz CT molecular complexity index is 1400. The first-order chi connectivity index (χ1) is 17.6. The van der Waals surface area contributed by atoms with E-state index in [1.54, 1.807) is 7.11 Å². The lowest BCUT2D eigenvalue weighted by Crippen LogP contribution is -2.30. The van der Waals surface area contributed by atoms with Gasteiger partial charge in [0.05, 0.1) is 7.11 Å². The van der Waals surface area contributed by atoms with Crippen molar-refractivity contribution in [1.29, 1.82) is 0 Å². The molecule has 3 aliphatic rings. The molecule has 0 bridgehead atoms. The predicted octanol–water partition coefficient (Wildman–Crippen LogP) is 6.56. The van der Waals surface area contributed by atoms with Crippen LogP contribution >= 0.6 is 0 Å². The molecule has 0 N–H and O–H groups in total. The molecule has 0 fully saturated rings. The minimum Gasteiger partial charge on any atom is -0.493 e. The maximum atomic E-state index is 13.1. The van der Waals surface area contributed by atoms with Gasteiger partial charge >= 0.3 is 0 Å². The molecule has 3 aromatic rings. The summed E-state index contributed by atoms with van der Waals surface area (Å²) >= 11 is 0. The molecule has 5 nitrogen and oxygen atoms in total. The van der Waals surface area contributed by atoms with Crippen molar-refractivity contribution >= 4 is 22.3 Å². The van der Waals surface area contributed by atoms with Crippen LogP contribution in [0.25, 0.3) is 10.8 Å². The van der Waals surface area contributed by atoms with Crippen molar-refractivity contribution in [3.63, 3.8) is 0 Å². The molecule has 36 heavy (non-hydrogen) atoms. The van der Waals surface area contributed by atoms with Gasteiger partial charge in [-0.25, -0.2) is 0 Å². The van der Waals surface area contributed by atoms with E-state index in [1.807, 2.05) is 36.4 Å². The molecule has 1 heterocycles. The lowest BCUT2D eigenvalue weighted by molar-refractivity contribution is -0.117. The summed E-state index contributed by atoms with van der Waals surface area (Å²) in [4.78, 5) is 26.1. The fourth-order valence-electron chi connectivity index (χ4n) is 5.71. The second-order valence-electron chi connectivity index (χ2n) is 9.60. The number of allylic oxidation sites excluding steroid dienone is 4. The zero-order valence-corrected chi connectivity index (χ0v) is 20.3. The maximum Gasteiger partial charge on any atom is 0.163 e. The van der Waals surface area contributed by atoms with Gasteiger partial charge in [0, 0.05) is 42.7 Å². The molecule has 1 aliphatic heterocycles. The SMILES string of the molecule is COc1cc(C2C3=C(CCCC3=O)OC3=C2C(=O)CCC3)ccc1OCc1cccc2ccccc12. The first-order valence-electron chi connectivity index (χ1n) is 12.6. The molecule has 0 saturated carbocycles. The van der Waals surface area contributed by atoms with Crippen molar-refractivity contribution in [3.05, 3.63) is 94.5 Å². The smallest absolute Gasteiger partial charge is 0.163 e. The number of ketones is 2. The normalized spacial score (nSPS) is 18.1. The number of hydrogen-bond acceptors (Lipinski definition) is 5. The van der Waals surface area contributed by atoms with Crippen LogP contribution in [0.2, 0.25) is 0 Å². The molecule has 6 rings (SSSR count). The van der Waals surface area contributed by atoms with Gasteiger partial charge < -0.3 is 14.2 Å². The van der Waals surface area contributed by atoms with Gasteiger partial charge in [0.2, 0.25) is 0 Å². The number of methoxy groups -OCH3 is 1. The monoisotopic (exact) mass is 480 g/mol. The highest BCUT2D eigenvalue weighted by Crippen LogP contribution is 2.48. The summed E-state index contributed by atoms with van der Waals surface area (Å²) in [5.41, 5.74) is 3.23. The number of Topliss-reactive ketones (excluding diaryl/α,β-unsaturated/α-hetero) is 2. The molecule has 3 aromatic carbocycles. The van der Waals surface area contributed by atoms with Gasteiger partial charge in [0.15, 0.2) is 23.1 Å². The summed E-state index contributed by atoms with van der Waals surface area (Å²) in [5, 5.41) is 2.33. The summed E-state index contributed by atoms with van der Waals surface area (Å²) < 4.78 is 18.1. The molecule has 0 aromatic heterocycles. The van der Waals surface area contributed by atoms with E-state index < -0.39 is 5.92 Å². The fourth-order valence-corrected chi connectivity index (χ4v) is 5.71. The number of hydrogen-bond donors (Lipinski definition) is 0. The predicted molar refractivity (Wildman–Crippen MR) is 137 cm³/mol. The Hall–Kier alpha value is -3.86. The lowest BCUT2D eigenvalue weighted by Gasteiger charge is -2.36. The molecule has 5 heteroatoms. The van der Waals surface area contributed by atoms with Crippen molar-refractivity contribution in [2.45, 2.75) is 51.0 Å². The van der Waals surface area contributed by atoms with Crippen LogP contribution < -0.4 is 9.47 Å². The molecule has 0 spiro atoms. The van der Waals surface area contributed by atoms with Crippen LogP contribution in [0.1, 0.15) is 55.6 Å². The Kier molecular flexibility index (Phi) is 5.84. The Balaban J connectivity index is 1.36. The van der Waals surface area contributed by atoms with Gasteiger partial charge in [-0.05, 0) is 46.9 Å². The Morgan fingerprint density at radius 2 is 1.50 bits per heavy atom. The quantitative estimate of drug-likeness (QED) is 0.414. The largest absolute Gasteiger partial charge is 0.493 e. The summed E-state index contributed by atoms with van der Waals surface area (Å²) in [5.74, 6) is 2.40. The lowest BCUT2D eigenvalue weighted by atomic mass is 9.73. The van der Waals surface area contributed by atoms with E-state index in [0.717, 1.165) is 53.7 Å². The van der Waals surface area contributed by atoms with Crippen LogP contribution in [0.3, 0.4) is 0 Å². The molecule has 0 unspecified atom stereocenters. The van der Waals surface area contributed by atoms with Crippen LogP contribution in [-0.4, -0.2) is 18.7 Å². The van der Waals surface area contributed by atoms with Gasteiger partial charge in [-0.1, -0.05) is 48.5 Å². The first kappa shape index (κ1) is 22.6. The average Bonchev–Trinajstić information content (AvgIpc) is 2.91. The zero-order valence-electron chi connectivity index (χ0n) is 20.3. The molecule has 0 saturated heterocycles. The average molecular weight is 481 g/mol. The Labute approximate surface area is 210 Å². The topological polar surface area (TPSA) is 61.8 Å². The third kappa shape index (κ3) is 3.89. The molecule has 0 radical (unpaired) electrons. The van der Waals surface area contributed by atoms with Crippen molar-refractivity contribution < 1.29 is 23.8 Å². The van der Waals surface area contributed by atoms with Gasteiger partial charge in [0.1, 0.15) is 18.1 Å². The van der Waals surface area contributed by atoms with Crippen molar-refractivity contribution in [2.24, 2.45) is 0 Å². The standard InChI is InChI=1S/C31H28O5/c1-34-28-17-20(15-16-25(28)35-18-21-9-4-8-19-7-2-3-10-22(19)21)29-30-23(32)11-5-13-26(30)36-27-14-6-12-24(33)31(27)29/h2-4,7-10,15-17,29H,5-6,11-14,18H2,1H3. The molecule has 0 atom stereocenters. The zero-order chi connectivity index (χ0) is 24.6. The third-order valence-corrected chi connectivity index (χ3v) is 7.42. The number of rotatable bonds is 5. The highest BCUT2D eigenvalue weighted by Gasteiger charge is 2.41. The van der Waals surface area contributed by atoms with E-state index in [0.29, 0.717) is 42.1 Å². The summed E-state index contributed by atoms with van der Waals surface area (Å²) in [6.07, 6.45) is 3.99. The minimum atomic E-state index is -0.412. The second kappa shape index (κ2) is 9.30. The Morgan fingerprint density at radius 3 is 2.22 bits per heavy atom. The van der Waals surface area contributed by atoms with Crippen molar-refractivity contribution in [3.8, 4) is 11.5 Å². The van der Waals surface area contributed by atoms with Crippen LogP contribution in [-0.2, 0) is 20.9 Å². The van der Waals surface area contributed by atoms with Crippen LogP contribution in [0.15, 0.2) is 83.3 Å². The van der Waals surface area contributed by atoms with Crippen LogP contribution in [0, 0.1) is 0 Å². The number of fused-ring (bicyclic) bond motifs is 1.